The summed E-state index contributed by atoms with van der Waals surface area (Å²) in [4.78, 5) is 4.46. The molecule has 8 heteroatoms. The Bertz CT molecular complexity index is 742. The second-order valence-electron chi connectivity index (χ2n) is 5.61. The number of ether oxygens (including phenoxy) is 3. The first-order chi connectivity index (χ1) is 13.2. The van der Waals surface area contributed by atoms with Crippen LogP contribution in [0.3, 0.4) is 0 Å². The Morgan fingerprint density at radius 2 is 1.71 bits per heavy atom. The van der Waals surface area contributed by atoms with E-state index in [0.717, 1.165) is 23.6 Å². The zero-order valence-electron chi connectivity index (χ0n) is 16.3. The van der Waals surface area contributed by atoms with Crippen LogP contribution in [0, 0.1) is 5.82 Å². The number of nitrogens with one attached hydrogen (secondary N) is 2. The zero-order chi connectivity index (χ0) is 19.5. The molecule has 2 rings (SSSR count). The van der Waals surface area contributed by atoms with Crippen LogP contribution >= 0.6 is 24.0 Å². The molecular weight excluding hydrogens is 476 g/mol. The maximum absolute atomic E-state index is 13.8. The highest BCUT2D eigenvalue weighted by Gasteiger charge is 2.04. The van der Waals surface area contributed by atoms with Crippen molar-refractivity contribution in [3.63, 3.8) is 0 Å². The van der Waals surface area contributed by atoms with E-state index in [1.165, 1.54) is 13.2 Å². The molecule has 0 saturated carbocycles. The van der Waals surface area contributed by atoms with Crippen molar-refractivity contribution in [3.05, 3.63) is 53.8 Å². The maximum atomic E-state index is 13.8. The lowest BCUT2D eigenvalue weighted by molar-refractivity contribution is 0.321. The summed E-state index contributed by atoms with van der Waals surface area (Å²) in [6, 6.07) is 12.2. The molecule has 0 aliphatic heterocycles. The Morgan fingerprint density at radius 3 is 2.32 bits per heavy atom. The van der Waals surface area contributed by atoms with Crippen LogP contribution in [0.25, 0.3) is 0 Å². The number of methoxy groups -OCH3 is 2. The first-order valence-corrected chi connectivity index (χ1v) is 8.77. The van der Waals surface area contributed by atoms with Gasteiger partial charge in [-0.2, -0.15) is 0 Å². The summed E-state index contributed by atoms with van der Waals surface area (Å²) in [7, 11) is 3.07. The predicted octanol–water partition coefficient (Wildman–Crippen LogP) is 3.60. The Balaban J connectivity index is 0.00000392. The second-order valence-corrected chi connectivity index (χ2v) is 5.61. The molecule has 0 heterocycles. The van der Waals surface area contributed by atoms with E-state index in [-0.39, 0.29) is 29.7 Å². The summed E-state index contributed by atoms with van der Waals surface area (Å²) in [5.41, 5.74) is 0.764. The highest BCUT2D eigenvalue weighted by Crippen LogP contribution is 2.18. The quantitative estimate of drug-likeness (QED) is 0.237. The van der Waals surface area contributed by atoms with Crippen LogP contribution in [0.1, 0.15) is 12.5 Å². The van der Waals surface area contributed by atoms with Crippen molar-refractivity contribution < 1.29 is 18.6 Å². The van der Waals surface area contributed by atoms with Crippen LogP contribution < -0.4 is 24.8 Å². The van der Waals surface area contributed by atoms with Gasteiger partial charge in [-0.05, 0) is 48.9 Å². The van der Waals surface area contributed by atoms with Crippen molar-refractivity contribution >= 4 is 29.9 Å². The van der Waals surface area contributed by atoms with Gasteiger partial charge in [0.25, 0.3) is 0 Å². The molecule has 0 unspecified atom stereocenters. The highest BCUT2D eigenvalue weighted by atomic mass is 127. The molecule has 0 radical (unpaired) electrons. The monoisotopic (exact) mass is 503 g/mol. The molecular formula is C20H27FIN3O3. The van der Waals surface area contributed by atoms with Gasteiger partial charge in [0.15, 0.2) is 17.5 Å². The van der Waals surface area contributed by atoms with E-state index >= 15 is 0 Å². The minimum absolute atomic E-state index is 0. The fourth-order valence-electron chi connectivity index (χ4n) is 2.33. The smallest absolute Gasteiger partial charge is 0.191 e. The Labute approximate surface area is 182 Å². The van der Waals surface area contributed by atoms with Crippen LogP contribution in [-0.2, 0) is 6.54 Å². The minimum Gasteiger partial charge on any atom is -0.497 e. The fourth-order valence-corrected chi connectivity index (χ4v) is 2.33. The van der Waals surface area contributed by atoms with Gasteiger partial charge in [-0.25, -0.2) is 9.38 Å². The van der Waals surface area contributed by atoms with E-state index in [1.54, 1.807) is 19.2 Å². The molecule has 6 nitrogen and oxygen atoms in total. The van der Waals surface area contributed by atoms with Crippen LogP contribution in [0.15, 0.2) is 47.5 Å². The van der Waals surface area contributed by atoms with Gasteiger partial charge in [-0.15, -0.1) is 24.0 Å². The summed E-state index contributed by atoms with van der Waals surface area (Å²) in [6.45, 7) is 4.12. The number of hydrogen-bond donors (Lipinski definition) is 2. The largest absolute Gasteiger partial charge is 0.497 e. The summed E-state index contributed by atoms with van der Waals surface area (Å²) in [5, 5.41) is 6.34. The normalized spacial score (nSPS) is 10.6. The average Bonchev–Trinajstić information content (AvgIpc) is 2.69. The number of benzene rings is 2. The zero-order valence-corrected chi connectivity index (χ0v) is 18.7. The van der Waals surface area contributed by atoms with Gasteiger partial charge in [-0.3, -0.25) is 0 Å². The van der Waals surface area contributed by atoms with Crippen molar-refractivity contribution in [2.24, 2.45) is 4.99 Å². The summed E-state index contributed by atoms with van der Waals surface area (Å²) in [6.07, 6.45) is 0. The molecule has 0 saturated heterocycles. The summed E-state index contributed by atoms with van der Waals surface area (Å²) >= 11 is 0. The third-order valence-corrected chi connectivity index (χ3v) is 3.70. The third kappa shape index (κ3) is 7.79. The van der Waals surface area contributed by atoms with E-state index < -0.39 is 5.82 Å². The predicted molar refractivity (Wildman–Crippen MR) is 120 cm³/mol. The van der Waals surface area contributed by atoms with E-state index in [9.17, 15) is 4.39 Å². The third-order valence-electron chi connectivity index (χ3n) is 3.70. The molecule has 0 aromatic heterocycles. The lowest BCUT2D eigenvalue weighted by Gasteiger charge is -2.12. The molecule has 0 bridgehead atoms. The molecule has 154 valence electrons. The fraction of sp³-hybridized carbons (Fsp3) is 0.350. The number of nitrogens with zero attached hydrogens (tertiary/aromatic N) is 1. The van der Waals surface area contributed by atoms with Gasteiger partial charge < -0.3 is 24.8 Å². The van der Waals surface area contributed by atoms with Crippen molar-refractivity contribution in [3.8, 4) is 17.2 Å². The molecule has 0 atom stereocenters. The van der Waals surface area contributed by atoms with E-state index in [2.05, 4.69) is 15.6 Å². The van der Waals surface area contributed by atoms with Gasteiger partial charge in [-0.1, -0.05) is 6.07 Å². The maximum Gasteiger partial charge on any atom is 0.191 e. The molecule has 0 fully saturated rings. The van der Waals surface area contributed by atoms with Crippen molar-refractivity contribution in [2.45, 2.75) is 13.5 Å². The van der Waals surface area contributed by atoms with E-state index in [1.807, 2.05) is 31.2 Å². The molecule has 2 aromatic carbocycles. The standard InChI is InChI=1S/C20H26FN3O3.HI/c1-4-22-20(24-14-15-5-10-19(26-3)18(21)13-15)23-11-12-27-17-8-6-16(25-2)7-9-17;/h5-10,13H,4,11-12,14H2,1-3H3,(H2,22,23,24);1H. The summed E-state index contributed by atoms with van der Waals surface area (Å²) < 4.78 is 29.5. The molecule has 28 heavy (non-hydrogen) atoms. The SMILES string of the molecule is CCNC(=NCc1ccc(OC)c(F)c1)NCCOc1ccc(OC)cc1.I. The van der Waals surface area contributed by atoms with Crippen molar-refractivity contribution in [2.75, 3.05) is 33.9 Å². The first-order valence-electron chi connectivity index (χ1n) is 8.77. The number of halogens is 2. The summed E-state index contributed by atoms with van der Waals surface area (Å²) in [5.74, 6) is 2.04. The molecule has 0 aliphatic rings. The van der Waals surface area contributed by atoms with Crippen LogP contribution in [0.2, 0.25) is 0 Å². The van der Waals surface area contributed by atoms with E-state index in [0.29, 0.717) is 25.7 Å². The molecule has 0 spiro atoms. The van der Waals surface area contributed by atoms with Crippen LogP contribution in [0.5, 0.6) is 17.2 Å². The highest BCUT2D eigenvalue weighted by molar-refractivity contribution is 14.0. The number of rotatable bonds is 9. The van der Waals surface area contributed by atoms with Gasteiger partial charge >= 0.3 is 0 Å². The van der Waals surface area contributed by atoms with Gasteiger partial charge in [0.2, 0.25) is 0 Å². The van der Waals surface area contributed by atoms with Gasteiger partial charge in [0.1, 0.15) is 18.1 Å². The van der Waals surface area contributed by atoms with E-state index in [4.69, 9.17) is 14.2 Å². The van der Waals surface area contributed by atoms with Crippen molar-refractivity contribution in [1.82, 2.24) is 10.6 Å². The molecule has 2 N–H and O–H groups in total. The first kappa shape index (κ1) is 23.8. The topological polar surface area (TPSA) is 64.1 Å². The van der Waals surface area contributed by atoms with Gasteiger partial charge in [0, 0.05) is 6.54 Å². The average molecular weight is 503 g/mol. The molecule has 2 aromatic rings. The number of hydrogen-bond acceptors (Lipinski definition) is 4. The Hall–Kier alpha value is -2.23. The van der Waals surface area contributed by atoms with Crippen LogP contribution in [-0.4, -0.2) is 39.9 Å². The Morgan fingerprint density at radius 1 is 1.00 bits per heavy atom. The lowest BCUT2D eigenvalue weighted by Crippen LogP contribution is -2.39. The van der Waals surface area contributed by atoms with Crippen molar-refractivity contribution in [1.29, 1.82) is 0 Å². The molecule has 0 amide bonds. The van der Waals surface area contributed by atoms with Crippen LogP contribution in [0.4, 0.5) is 4.39 Å². The Kier molecular flexibility index (Phi) is 11.1. The molecule has 0 aliphatic carbocycles. The van der Waals surface area contributed by atoms with Gasteiger partial charge in [0.05, 0.1) is 27.3 Å². The lowest BCUT2D eigenvalue weighted by atomic mass is 10.2. The number of aliphatic imine (C=N–C) groups is 1. The second kappa shape index (κ2) is 13.0. The minimum atomic E-state index is -0.393. The number of guanidine groups is 1.